The molecule has 1 rings (SSSR count). The Labute approximate surface area is 118 Å². The second-order valence-corrected chi connectivity index (χ2v) is 5.61. The Bertz CT molecular complexity index is 270. The van der Waals surface area contributed by atoms with E-state index in [4.69, 9.17) is 4.74 Å². The number of esters is 1. The van der Waals surface area contributed by atoms with Gasteiger partial charge in [-0.3, -0.25) is 4.79 Å². The molecule has 2 nitrogen and oxygen atoms in total. The quantitative estimate of drug-likeness (QED) is 0.302. The molecule has 1 aliphatic rings. The zero-order chi connectivity index (χ0) is 13.9. The largest absolute Gasteiger partial charge is 0.466 e. The molecule has 0 bridgehead atoms. The molecule has 0 aromatic carbocycles. The first kappa shape index (κ1) is 16.3. The van der Waals surface area contributed by atoms with Gasteiger partial charge in [-0.25, -0.2) is 0 Å². The van der Waals surface area contributed by atoms with Gasteiger partial charge in [0.2, 0.25) is 0 Å². The molecule has 0 aromatic heterocycles. The number of allylic oxidation sites excluding steroid dienone is 2. The summed E-state index contributed by atoms with van der Waals surface area (Å²) in [6.07, 6.45) is 15.9. The van der Waals surface area contributed by atoms with Crippen LogP contribution in [-0.4, -0.2) is 12.6 Å². The second-order valence-electron chi connectivity index (χ2n) is 5.61. The SMILES string of the molecule is CCCCCC/C=C/CCC[C@H]1C[C@H]1C(=O)OCC. The Balaban J connectivity index is 1.89. The highest BCUT2D eigenvalue weighted by Crippen LogP contribution is 2.43. The van der Waals surface area contributed by atoms with Gasteiger partial charge in [-0.15, -0.1) is 0 Å². The van der Waals surface area contributed by atoms with E-state index < -0.39 is 0 Å². The van der Waals surface area contributed by atoms with Crippen LogP contribution in [0.1, 0.15) is 71.6 Å². The van der Waals surface area contributed by atoms with E-state index in [0.29, 0.717) is 12.5 Å². The highest BCUT2D eigenvalue weighted by atomic mass is 16.5. The smallest absolute Gasteiger partial charge is 0.309 e. The van der Waals surface area contributed by atoms with Crippen LogP contribution in [0.2, 0.25) is 0 Å². The van der Waals surface area contributed by atoms with Crippen LogP contribution < -0.4 is 0 Å². The zero-order valence-corrected chi connectivity index (χ0v) is 12.7. The molecule has 0 N–H and O–H groups in total. The highest BCUT2D eigenvalue weighted by molar-refractivity contribution is 5.75. The third-order valence-electron chi connectivity index (χ3n) is 3.85. The fourth-order valence-corrected chi connectivity index (χ4v) is 2.53. The van der Waals surface area contributed by atoms with Gasteiger partial charge in [0, 0.05) is 0 Å². The first-order valence-electron chi connectivity index (χ1n) is 8.11. The summed E-state index contributed by atoms with van der Waals surface area (Å²) in [6.45, 7) is 4.64. The summed E-state index contributed by atoms with van der Waals surface area (Å²) in [5.41, 5.74) is 0. The topological polar surface area (TPSA) is 26.3 Å². The minimum Gasteiger partial charge on any atom is -0.466 e. The van der Waals surface area contributed by atoms with Crippen LogP contribution in [0.25, 0.3) is 0 Å². The molecule has 0 amide bonds. The number of hydrogen-bond acceptors (Lipinski definition) is 2. The molecule has 2 atom stereocenters. The average Bonchev–Trinajstić information content (AvgIpc) is 3.17. The Morgan fingerprint density at radius 3 is 2.53 bits per heavy atom. The Kier molecular flexibility index (Phi) is 8.61. The van der Waals surface area contributed by atoms with Gasteiger partial charge in [-0.1, -0.05) is 38.3 Å². The van der Waals surface area contributed by atoms with Gasteiger partial charge in [0.25, 0.3) is 0 Å². The van der Waals surface area contributed by atoms with Crippen LogP contribution in [-0.2, 0) is 9.53 Å². The lowest BCUT2D eigenvalue weighted by Gasteiger charge is -2.00. The summed E-state index contributed by atoms with van der Waals surface area (Å²) in [7, 11) is 0. The molecule has 0 radical (unpaired) electrons. The van der Waals surface area contributed by atoms with Gasteiger partial charge in [-0.05, 0) is 51.4 Å². The van der Waals surface area contributed by atoms with E-state index in [1.54, 1.807) is 0 Å². The summed E-state index contributed by atoms with van der Waals surface area (Å²) in [5, 5.41) is 0. The average molecular weight is 266 g/mol. The predicted octanol–water partition coefficient (Wildman–Crippen LogP) is 4.88. The van der Waals surface area contributed by atoms with E-state index in [9.17, 15) is 4.79 Å². The summed E-state index contributed by atoms with van der Waals surface area (Å²) in [5.74, 6) is 0.856. The Morgan fingerprint density at radius 1 is 1.11 bits per heavy atom. The van der Waals surface area contributed by atoms with E-state index >= 15 is 0 Å². The molecular weight excluding hydrogens is 236 g/mol. The van der Waals surface area contributed by atoms with Gasteiger partial charge in [-0.2, -0.15) is 0 Å². The number of hydrogen-bond donors (Lipinski definition) is 0. The summed E-state index contributed by atoms with van der Waals surface area (Å²) in [6, 6.07) is 0. The van der Waals surface area contributed by atoms with Crippen molar-refractivity contribution in [2.75, 3.05) is 6.61 Å². The fourth-order valence-electron chi connectivity index (χ4n) is 2.53. The summed E-state index contributed by atoms with van der Waals surface area (Å²) < 4.78 is 5.03. The molecule has 110 valence electrons. The molecule has 0 aliphatic heterocycles. The maximum Gasteiger partial charge on any atom is 0.309 e. The third kappa shape index (κ3) is 7.39. The van der Waals surface area contributed by atoms with Crippen LogP contribution in [0, 0.1) is 11.8 Å². The molecule has 2 heteroatoms. The zero-order valence-electron chi connectivity index (χ0n) is 12.7. The van der Waals surface area contributed by atoms with Crippen molar-refractivity contribution in [1.29, 1.82) is 0 Å². The number of rotatable bonds is 11. The van der Waals surface area contributed by atoms with Crippen molar-refractivity contribution in [2.45, 2.75) is 71.6 Å². The van der Waals surface area contributed by atoms with E-state index in [0.717, 1.165) is 6.42 Å². The minimum atomic E-state index is 0.0268. The van der Waals surface area contributed by atoms with Crippen molar-refractivity contribution in [1.82, 2.24) is 0 Å². The maximum absolute atomic E-state index is 11.4. The van der Waals surface area contributed by atoms with Crippen molar-refractivity contribution in [3.63, 3.8) is 0 Å². The Hall–Kier alpha value is -0.790. The van der Waals surface area contributed by atoms with E-state index in [1.165, 1.54) is 51.4 Å². The molecular formula is C17H30O2. The first-order chi connectivity index (χ1) is 9.29. The van der Waals surface area contributed by atoms with Gasteiger partial charge in [0.1, 0.15) is 0 Å². The summed E-state index contributed by atoms with van der Waals surface area (Å²) in [4.78, 5) is 11.4. The van der Waals surface area contributed by atoms with Crippen molar-refractivity contribution in [3.8, 4) is 0 Å². The lowest BCUT2D eigenvalue weighted by atomic mass is 10.1. The van der Waals surface area contributed by atoms with Gasteiger partial charge >= 0.3 is 5.97 Å². The molecule has 19 heavy (non-hydrogen) atoms. The molecule has 1 saturated carbocycles. The van der Waals surface area contributed by atoms with Crippen LogP contribution in [0.5, 0.6) is 0 Å². The standard InChI is InChI=1S/C17H30O2/c1-3-5-6-7-8-9-10-11-12-13-15-14-16(15)17(18)19-4-2/h9-10,15-16H,3-8,11-14H2,1-2H3/b10-9+/t15-,16+/m0/s1. The van der Waals surface area contributed by atoms with Crippen LogP contribution in [0.3, 0.4) is 0 Å². The monoisotopic (exact) mass is 266 g/mol. The molecule has 1 fully saturated rings. The van der Waals surface area contributed by atoms with Crippen LogP contribution >= 0.6 is 0 Å². The number of ether oxygens (including phenoxy) is 1. The maximum atomic E-state index is 11.4. The lowest BCUT2D eigenvalue weighted by molar-refractivity contribution is -0.145. The van der Waals surface area contributed by atoms with E-state index in [1.807, 2.05) is 6.92 Å². The molecule has 0 spiro atoms. The van der Waals surface area contributed by atoms with E-state index in [-0.39, 0.29) is 11.9 Å². The third-order valence-corrected chi connectivity index (χ3v) is 3.85. The normalized spacial score (nSPS) is 21.8. The van der Waals surface area contributed by atoms with Crippen LogP contribution in [0.15, 0.2) is 12.2 Å². The number of carbonyl (C=O) groups is 1. The first-order valence-corrected chi connectivity index (χ1v) is 8.11. The molecule has 0 aromatic rings. The van der Waals surface area contributed by atoms with Gasteiger partial charge in [0.15, 0.2) is 0 Å². The van der Waals surface area contributed by atoms with Gasteiger partial charge < -0.3 is 4.74 Å². The van der Waals surface area contributed by atoms with Crippen molar-refractivity contribution in [3.05, 3.63) is 12.2 Å². The van der Waals surface area contributed by atoms with Crippen LogP contribution in [0.4, 0.5) is 0 Å². The molecule has 1 aliphatic carbocycles. The molecule has 0 saturated heterocycles. The lowest BCUT2D eigenvalue weighted by Crippen LogP contribution is -2.07. The van der Waals surface area contributed by atoms with E-state index in [2.05, 4.69) is 19.1 Å². The van der Waals surface area contributed by atoms with Crippen molar-refractivity contribution < 1.29 is 9.53 Å². The van der Waals surface area contributed by atoms with Crippen molar-refractivity contribution >= 4 is 5.97 Å². The minimum absolute atomic E-state index is 0.0268. The molecule has 0 unspecified atom stereocenters. The fraction of sp³-hybridized carbons (Fsp3) is 0.824. The number of unbranched alkanes of at least 4 members (excludes halogenated alkanes) is 5. The Morgan fingerprint density at radius 2 is 1.84 bits per heavy atom. The summed E-state index contributed by atoms with van der Waals surface area (Å²) >= 11 is 0. The highest BCUT2D eigenvalue weighted by Gasteiger charge is 2.43. The predicted molar refractivity (Wildman–Crippen MR) is 80.0 cm³/mol. The van der Waals surface area contributed by atoms with Gasteiger partial charge in [0.05, 0.1) is 12.5 Å². The van der Waals surface area contributed by atoms with Crippen molar-refractivity contribution in [2.24, 2.45) is 11.8 Å². The second kappa shape index (κ2) is 10.1. The molecule has 0 heterocycles. The number of carbonyl (C=O) groups excluding carboxylic acids is 1.